The monoisotopic (exact) mass is 465 g/mol. The number of sulfonamides is 1. The molecule has 0 radical (unpaired) electrons. The first-order valence-corrected chi connectivity index (χ1v) is 12.0. The molecule has 1 aliphatic heterocycles. The van der Waals surface area contributed by atoms with E-state index in [2.05, 4.69) is 10.6 Å². The molecule has 0 aromatic heterocycles. The summed E-state index contributed by atoms with van der Waals surface area (Å²) in [6.45, 7) is 4.53. The van der Waals surface area contributed by atoms with Crippen LogP contribution in [-0.4, -0.2) is 56.3 Å². The summed E-state index contributed by atoms with van der Waals surface area (Å²) in [5.74, 6) is 0.0267. The van der Waals surface area contributed by atoms with E-state index in [0.717, 1.165) is 5.56 Å². The molecule has 2 aromatic rings. The highest BCUT2D eigenvalue weighted by atomic mass is 32.2. The first kappa shape index (κ1) is 24.0. The zero-order valence-electron chi connectivity index (χ0n) is 18.1. The van der Waals surface area contributed by atoms with Gasteiger partial charge >= 0.3 is 6.03 Å². The van der Waals surface area contributed by atoms with Crippen molar-refractivity contribution in [2.75, 3.05) is 30.7 Å². The molecule has 8 nitrogen and oxygen atoms in total. The van der Waals surface area contributed by atoms with Crippen molar-refractivity contribution in [1.82, 2.24) is 9.62 Å². The van der Waals surface area contributed by atoms with Crippen LogP contribution < -0.4 is 15.4 Å². The molecule has 2 aromatic carbocycles. The minimum Gasteiger partial charge on any atom is -0.489 e. The second-order valence-electron chi connectivity index (χ2n) is 7.71. The van der Waals surface area contributed by atoms with Crippen LogP contribution in [0.25, 0.3) is 0 Å². The van der Waals surface area contributed by atoms with Crippen LogP contribution >= 0.6 is 0 Å². The van der Waals surface area contributed by atoms with Crippen LogP contribution in [0.15, 0.2) is 48.5 Å². The molecule has 1 aliphatic rings. The summed E-state index contributed by atoms with van der Waals surface area (Å²) >= 11 is 0. The first-order chi connectivity index (χ1) is 15.2. The highest BCUT2D eigenvalue weighted by Gasteiger charge is 2.30. The number of benzene rings is 2. The van der Waals surface area contributed by atoms with Crippen molar-refractivity contribution < 1.29 is 27.1 Å². The maximum absolute atomic E-state index is 13.0. The lowest BCUT2D eigenvalue weighted by Gasteiger charge is -2.34. The second-order valence-corrected chi connectivity index (χ2v) is 9.80. The van der Waals surface area contributed by atoms with Crippen molar-refractivity contribution in [3.05, 3.63) is 59.9 Å². The minimum absolute atomic E-state index is 0.0188. The maximum Gasteiger partial charge on any atom is 0.319 e. The lowest BCUT2D eigenvalue weighted by Crippen LogP contribution is -2.49. The second kappa shape index (κ2) is 10.8. The van der Waals surface area contributed by atoms with Crippen LogP contribution in [0.2, 0.25) is 0 Å². The van der Waals surface area contributed by atoms with E-state index in [-0.39, 0.29) is 36.9 Å². The van der Waals surface area contributed by atoms with Gasteiger partial charge in [0.05, 0.1) is 18.0 Å². The normalized spacial score (nSPS) is 19.3. The Balaban J connectivity index is 1.45. The molecule has 0 bridgehead atoms. The topological polar surface area (TPSA) is 97.0 Å². The van der Waals surface area contributed by atoms with Crippen molar-refractivity contribution in [3.8, 4) is 5.75 Å². The molecular weight excluding hydrogens is 437 g/mol. The van der Waals surface area contributed by atoms with Gasteiger partial charge in [0.2, 0.25) is 10.0 Å². The van der Waals surface area contributed by atoms with Gasteiger partial charge in [-0.25, -0.2) is 17.6 Å². The van der Waals surface area contributed by atoms with Crippen LogP contribution in [0.4, 0.5) is 14.9 Å². The SMILES string of the molecule is CC1CN(S(=O)(=O)CCNC(=O)Nc2cccc(OCc3ccc(F)cc3)c2)CC(C)O1. The predicted octanol–water partition coefficient (Wildman–Crippen LogP) is 2.97. The van der Waals surface area contributed by atoms with Crippen LogP contribution in [0, 0.1) is 5.82 Å². The Morgan fingerprint density at radius 1 is 1.16 bits per heavy atom. The number of anilines is 1. The van der Waals surface area contributed by atoms with Crippen molar-refractivity contribution in [2.45, 2.75) is 32.7 Å². The number of morpholine rings is 1. The van der Waals surface area contributed by atoms with Gasteiger partial charge in [-0.15, -0.1) is 0 Å². The number of urea groups is 1. The fourth-order valence-electron chi connectivity index (χ4n) is 3.37. The Bertz CT molecular complexity index is 1010. The molecule has 10 heteroatoms. The summed E-state index contributed by atoms with van der Waals surface area (Å²) in [7, 11) is -3.49. The molecule has 1 fully saturated rings. The van der Waals surface area contributed by atoms with Gasteiger partial charge < -0.3 is 20.1 Å². The van der Waals surface area contributed by atoms with Gasteiger partial charge in [-0.2, -0.15) is 4.31 Å². The fourth-order valence-corrected chi connectivity index (χ4v) is 4.86. The van der Waals surface area contributed by atoms with Crippen LogP contribution in [-0.2, 0) is 21.4 Å². The Morgan fingerprint density at radius 2 is 1.84 bits per heavy atom. The van der Waals surface area contributed by atoms with Crippen LogP contribution in [0.1, 0.15) is 19.4 Å². The summed E-state index contributed by atoms with van der Waals surface area (Å²) in [5.41, 5.74) is 1.31. The van der Waals surface area contributed by atoms with Gasteiger partial charge in [0.1, 0.15) is 18.2 Å². The third kappa shape index (κ3) is 7.18. The summed E-state index contributed by atoms with van der Waals surface area (Å²) in [5, 5.41) is 5.23. The number of nitrogens with zero attached hydrogens (tertiary/aromatic N) is 1. The number of hydrogen-bond acceptors (Lipinski definition) is 5. The highest BCUT2D eigenvalue weighted by Crippen LogP contribution is 2.19. The zero-order chi connectivity index (χ0) is 23.1. The van der Waals surface area contributed by atoms with E-state index in [1.807, 2.05) is 13.8 Å². The summed E-state index contributed by atoms with van der Waals surface area (Å²) < 4.78 is 50.7. The lowest BCUT2D eigenvalue weighted by atomic mass is 10.2. The lowest BCUT2D eigenvalue weighted by molar-refractivity contribution is -0.0440. The van der Waals surface area contributed by atoms with Gasteiger partial charge in [-0.05, 0) is 43.7 Å². The quantitative estimate of drug-likeness (QED) is 0.625. The Hall–Kier alpha value is -2.69. The molecule has 2 unspecified atom stereocenters. The number of carbonyl (C=O) groups is 1. The Labute approximate surface area is 187 Å². The predicted molar refractivity (Wildman–Crippen MR) is 120 cm³/mol. The van der Waals surface area contributed by atoms with Gasteiger partial charge in [-0.3, -0.25) is 0 Å². The molecule has 1 saturated heterocycles. The molecule has 0 saturated carbocycles. The molecular formula is C22H28FN3O5S. The van der Waals surface area contributed by atoms with Crippen molar-refractivity contribution in [1.29, 1.82) is 0 Å². The van der Waals surface area contributed by atoms with E-state index >= 15 is 0 Å². The summed E-state index contributed by atoms with van der Waals surface area (Å²) in [4.78, 5) is 12.2. The van der Waals surface area contributed by atoms with Crippen LogP contribution in [0.3, 0.4) is 0 Å². The third-order valence-electron chi connectivity index (χ3n) is 4.84. The minimum atomic E-state index is -3.49. The average molecular weight is 466 g/mol. The van der Waals surface area contributed by atoms with E-state index in [4.69, 9.17) is 9.47 Å². The standard InChI is InChI=1S/C22H28FN3O5S/c1-16-13-26(14-17(2)31-16)32(28,29)11-10-24-22(27)25-20-4-3-5-21(12-20)30-15-18-6-8-19(23)9-7-18/h3-9,12,16-17H,10-11,13-15H2,1-2H3,(H2,24,25,27). The van der Waals surface area contributed by atoms with E-state index < -0.39 is 16.1 Å². The highest BCUT2D eigenvalue weighted by molar-refractivity contribution is 7.89. The molecule has 0 aliphatic carbocycles. The van der Waals surface area contributed by atoms with Gasteiger partial charge in [0.25, 0.3) is 0 Å². The van der Waals surface area contributed by atoms with Crippen molar-refractivity contribution in [3.63, 3.8) is 0 Å². The molecule has 2 atom stereocenters. The first-order valence-electron chi connectivity index (χ1n) is 10.4. The fraction of sp³-hybridized carbons (Fsp3) is 0.409. The molecule has 0 spiro atoms. The number of rotatable bonds is 8. The number of halogens is 1. The number of hydrogen-bond donors (Lipinski definition) is 2. The van der Waals surface area contributed by atoms with Gasteiger partial charge in [0.15, 0.2) is 0 Å². The number of nitrogens with one attached hydrogen (secondary N) is 2. The van der Waals surface area contributed by atoms with Gasteiger partial charge in [-0.1, -0.05) is 18.2 Å². The molecule has 3 rings (SSSR count). The van der Waals surface area contributed by atoms with E-state index in [1.54, 1.807) is 36.4 Å². The third-order valence-corrected chi connectivity index (χ3v) is 6.64. The molecule has 1 heterocycles. The molecule has 2 amide bonds. The van der Waals surface area contributed by atoms with Gasteiger partial charge in [0, 0.05) is 31.4 Å². The van der Waals surface area contributed by atoms with E-state index in [9.17, 15) is 17.6 Å². The number of carbonyl (C=O) groups excluding carboxylic acids is 1. The number of ether oxygens (including phenoxy) is 2. The molecule has 32 heavy (non-hydrogen) atoms. The van der Waals surface area contributed by atoms with Crippen molar-refractivity contribution >= 4 is 21.7 Å². The van der Waals surface area contributed by atoms with E-state index in [0.29, 0.717) is 24.5 Å². The largest absolute Gasteiger partial charge is 0.489 e. The number of amides is 2. The summed E-state index contributed by atoms with van der Waals surface area (Å²) in [6.07, 6.45) is -0.329. The Morgan fingerprint density at radius 3 is 2.53 bits per heavy atom. The van der Waals surface area contributed by atoms with Crippen LogP contribution in [0.5, 0.6) is 5.75 Å². The van der Waals surface area contributed by atoms with E-state index in [1.165, 1.54) is 16.4 Å². The smallest absolute Gasteiger partial charge is 0.319 e. The molecule has 2 N–H and O–H groups in total. The summed E-state index contributed by atoms with van der Waals surface area (Å²) in [6, 6.07) is 12.3. The maximum atomic E-state index is 13.0. The average Bonchev–Trinajstić information content (AvgIpc) is 2.73. The Kier molecular flexibility index (Phi) is 8.05. The molecule has 174 valence electrons. The van der Waals surface area contributed by atoms with Crippen molar-refractivity contribution in [2.24, 2.45) is 0 Å². The zero-order valence-corrected chi connectivity index (χ0v) is 18.9.